The fraction of sp³-hybridized carbons (Fsp3) is 1.00. The van der Waals surface area contributed by atoms with Gasteiger partial charge in [-0.05, 0) is 63.8 Å². The summed E-state index contributed by atoms with van der Waals surface area (Å²) >= 11 is 0. The van der Waals surface area contributed by atoms with Crippen LogP contribution < -0.4 is 5.32 Å². The molecule has 2 saturated carbocycles. The molecule has 3 unspecified atom stereocenters. The third kappa shape index (κ3) is 2.13. The molecule has 0 spiro atoms. The van der Waals surface area contributed by atoms with Crippen LogP contribution in [0.5, 0.6) is 0 Å². The fourth-order valence-corrected chi connectivity index (χ4v) is 3.16. The number of rotatable bonds is 4. The maximum absolute atomic E-state index is 3.74. The van der Waals surface area contributed by atoms with Crippen molar-refractivity contribution in [3.63, 3.8) is 0 Å². The van der Waals surface area contributed by atoms with Gasteiger partial charge in [0, 0.05) is 5.54 Å². The lowest BCUT2D eigenvalue weighted by atomic mass is 9.88. The van der Waals surface area contributed by atoms with Crippen LogP contribution >= 0.6 is 0 Å². The minimum atomic E-state index is 0.349. The van der Waals surface area contributed by atoms with E-state index in [0.717, 1.165) is 17.8 Å². The van der Waals surface area contributed by atoms with Crippen LogP contribution in [0, 0.1) is 17.8 Å². The predicted molar refractivity (Wildman–Crippen MR) is 61.3 cm³/mol. The monoisotopic (exact) mass is 195 g/mol. The average molecular weight is 195 g/mol. The van der Waals surface area contributed by atoms with Crippen molar-refractivity contribution in [2.24, 2.45) is 17.8 Å². The highest BCUT2D eigenvalue weighted by Crippen LogP contribution is 2.48. The number of hydrogen-bond donors (Lipinski definition) is 1. The molecule has 1 nitrogen and oxygen atoms in total. The van der Waals surface area contributed by atoms with E-state index in [1.165, 1.54) is 32.2 Å². The summed E-state index contributed by atoms with van der Waals surface area (Å²) in [7, 11) is 0. The van der Waals surface area contributed by atoms with E-state index in [4.69, 9.17) is 0 Å². The van der Waals surface area contributed by atoms with Crippen LogP contribution in [0.2, 0.25) is 0 Å². The van der Waals surface area contributed by atoms with Crippen LogP contribution in [0.15, 0.2) is 0 Å². The predicted octanol–water partition coefficient (Wildman–Crippen LogP) is 3.20. The summed E-state index contributed by atoms with van der Waals surface area (Å²) < 4.78 is 0. The van der Waals surface area contributed by atoms with Crippen LogP contribution in [0.4, 0.5) is 0 Å². The van der Waals surface area contributed by atoms with E-state index in [0.29, 0.717) is 5.54 Å². The second-order valence-electron chi connectivity index (χ2n) is 6.05. The van der Waals surface area contributed by atoms with Crippen molar-refractivity contribution < 1.29 is 0 Å². The van der Waals surface area contributed by atoms with Gasteiger partial charge in [-0.3, -0.25) is 0 Å². The molecule has 0 heterocycles. The molecule has 1 heteroatoms. The SMILES string of the molecule is CCC(C)(C)NCC1CC2CCC1C2. The van der Waals surface area contributed by atoms with Gasteiger partial charge >= 0.3 is 0 Å². The molecular formula is C13H25N. The standard InChI is InChI=1S/C13H25N/c1-4-13(2,3)14-9-12-8-10-5-6-11(12)7-10/h10-12,14H,4-9H2,1-3H3. The quantitative estimate of drug-likeness (QED) is 0.726. The average Bonchev–Trinajstić information content (AvgIpc) is 2.76. The zero-order valence-electron chi connectivity index (χ0n) is 9.97. The Labute approximate surface area is 88.7 Å². The number of hydrogen-bond acceptors (Lipinski definition) is 1. The third-order valence-electron chi connectivity index (χ3n) is 4.61. The largest absolute Gasteiger partial charge is 0.312 e. The first-order valence-corrected chi connectivity index (χ1v) is 6.36. The van der Waals surface area contributed by atoms with Gasteiger partial charge in [-0.15, -0.1) is 0 Å². The van der Waals surface area contributed by atoms with Gasteiger partial charge in [-0.25, -0.2) is 0 Å². The highest BCUT2D eigenvalue weighted by atomic mass is 15.0. The minimum absolute atomic E-state index is 0.349. The van der Waals surface area contributed by atoms with E-state index in [1.54, 1.807) is 6.42 Å². The summed E-state index contributed by atoms with van der Waals surface area (Å²) in [5.74, 6) is 3.16. The summed E-state index contributed by atoms with van der Waals surface area (Å²) in [5.41, 5.74) is 0.349. The van der Waals surface area contributed by atoms with Gasteiger partial charge in [-0.2, -0.15) is 0 Å². The Balaban J connectivity index is 1.77. The topological polar surface area (TPSA) is 12.0 Å². The van der Waals surface area contributed by atoms with Gasteiger partial charge in [0.2, 0.25) is 0 Å². The molecule has 2 rings (SSSR count). The molecule has 14 heavy (non-hydrogen) atoms. The molecule has 0 aliphatic heterocycles. The van der Waals surface area contributed by atoms with Gasteiger partial charge < -0.3 is 5.32 Å². The highest BCUT2D eigenvalue weighted by molar-refractivity contribution is 4.92. The first kappa shape index (κ1) is 10.5. The maximum atomic E-state index is 3.74. The van der Waals surface area contributed by atoms with E-state index < -0.39 is 0 Å². The summed E-state index contributed by atoms with van der Waals surface area (Å²) in [6.45, 7) is 8.18. The van der Waals surface area contributed by atoms with Crippen LogP contribution in [0.1, 0.15) is 52.9 Å². The molecule has 3 atom stereocenters. The normalized spacial score (nSPS) is 36.6. The van der Waals surface area contributed by atoms with E-state index >= 15 is 0 Å². The van der Waals surface area contributed by atoms with Crippen LogP contribution in [-0.4, -0.2) is 12.1 Å². The second kappa shape index (κ2) is 3.84. The van der Waals surface area contributed by atoms with Crippen LogP contribution in [0.25, 0.3) is 0 Å². The maximum Gasteiger partial charge on any atom is 0.0122 e. The first-order chi connectivity index (χ1) is 6.61. The third-order valence-corrected chi connectivity index (χ3v) is 4.61. The second-order valence-corrected chi connectivity index (χ2v) is 6.05. The van der Waals surface area contributed by atoms with Crippen LogP contribution in [-0.2, 0) is 0 Å². The lowest BCUT2D eigenvalue weighted by Crippen LogP contribution is -2.42. The number of fused-ring (bicyclic) bond motifs is 2. The number of nitrogens with one attached hydrogen (secondary N) is 1. The van der Waals surface area contributed by atoms with Crippen molar-refractivity contribution >= 4 is 0 Å². The first-order valence-electron chi connectivity index (χ1n) is 6.36. The summed E-state index contributed by atoms with van der Waals surface area (Å²) in [6.07, 6.45) is 7.33. The molecule has 0 amide bonds. The van der Waals surface area contributed by atoms with Gasteiger partial charge in [0.25, 0.3) is 0 Å². The summed E-state index contributed by atoms with van der Waals surface area (Å²) in [6, 6.07) is 0. The molecule has 2 aliphatic carbocycles. The Morgan fingerprint density at radius 1 is 1.21 bits per heavy atom. The van der Waals surface area contributed by atoms with Crippen LogP contribution in [0.3, 0.4) is 0 Å². The molecule has 2 bridgehead atoms. The van der Waals surface area contributed by atoms with E-state index in [2.05, 4.69) is 26.1 Å². The molecule has 0 saturated heterocycles. The Hall–Kier alpha value is -0.0400. The van der Waals surface area contributed by atoms with Crippen molar-refractivity contribution in [3.8, 4) is 0 Å². The molecule has 1 N–H and O–H groups in total. The van der Waals surface area contributed by atoms with Gasteiger partial charge in [0.05, 0.1) is 0 Å². The van der Waals surface area contributed by atoms with Crippen molar-refractivity contribution in [1.29, 1.82) is 0 Å². The fourth-order valence-electron chi connectivity index (χ4n) is 3.16. The van der Waals surface area contributed by atoms with Gasteiger partial charge in [0.1, 0.15) is 0 Å². The van der Waals surface area contributed by atoms with E-state index in [1.807, 2.05) is 0 Å². The molecule has 0 aromatic carbocycles. The van der Waals surface area contributed by atoms with Gasteiger partial charge in [-0.1, -0.05) is 13.3 Å². The molecule has 82 valence electrons. The van der Waals surface area contributed by atoms with Crippen molar-refractivity contribution in [1.82, 2.24) is 5.32 Å². The molecular weight excluding hydrogens is 170 g/mol. The Bertz CT molecular complexity index is 197. The minimum Gasteiger partial charge on any atom is -0.312 e. The van der Waals surface area contributed by atoms with Crippen molar-refractivity contribution in [3.05, 3.63) is 0 Å². The molecule has 0 aromatic rings. The zero-order chi connectivity index (χ0) is 10.2. The summed E-state index contributed by atoms with van der Waals surface area (Å²) in [5, 5.41) is 3.74. The zero-order valence-corrected chi connectivity index (χ0v) is 9.97. The van der Waals surface area contributed by atoms with Crippen molar-refractivity contribution in [2.45, 2.75) is 58.4 Å². The molecule has 2 aliphatic rings. The lowest BCUT2D eigenvalue weighted by molar-refractivity contribution is 0.274. The van der Waals surface area contributed by atoms with E-state index in [9.17, 15) is 0 Å². The van der Waals surface area contributed by atoms with Crippen molar-refractivity contribution in [2.75, 3.05) is 6.54 Å². The van der Waals surface area contributed by atoms with E-state index in [-0.39, 0.29) is 0 Å². The molecule has 2 fully saturated rings. The Kier molecular flexibility index (Phi) is 2.88. The molecule has 0 radical (unpaired) electrons. The lowest BCUT2D eigenvalue weighted by Gasteiger charge is -2.29. The smallest absolute Gasteiger partial charge is 0.0122 e. The Morgan fingerprint density at radius 3 is 2.50 bits per heavy atom. The van der Waals surface area contributed by atoms with Gasteiger partial charge in [0.15, 0.2) is 0 Å². The molecule has 0 aromatic heterocycles. The summed E-state index contributed by atoms with van der Waals surface area (Å²) in [4.78, 5) is 0. The Morgan fingerprint density at radius 2 is 2.00 bits per heavy atom. The highest BCUT2D eigenvalue weighted by Gasteiger charge is 2.39.